The number of aromatic amines is 1. The summed E-state index contributed by atoms with van der Waals surface area (Å²) in [6, 6.07) is 0. The Labute approximate surface area is 126 Å². The summed E-state index contributed by atoms with van der Waals surface area (Å²) >= 11 is 0. The van der Waals surface area contributed by atoms with E-state index in [-0.39, 0.29) is 5.97 Å². The minimum absolute atomic E-state index is 0.312. The fourth-order valence-corrected chi connectivity index (χ4v) is 2.41. The summed E-state index contributed by atoms with van der Waals surface area (Å²) in [5.41, 5.74) is 1.45. The number of hydrogen-bond donors (Lipinski definition) is 1. The lowest BCUT2D eigenvalue weighted by atomic mass is 9.80. The lowest BCUT2D eigenvalue weighted by Gasteiger charge is -2.32. The Balaban J connectivity index is 2.32. The first-order valence-corrected chi connectivity index (χ1v) is 7.46. The van der Waals surface area contributed by atoms with Gasteiger partial charge in [0.15, 0.2) is 0 Å². The molecule has 1 saturated heterocycles. The van der Waals surface area contributed by atoms with Crippen molar-refractivity contribution in [1.82, 2.24) is 4.98 Å². The Kier molecular flexibility index (Phi) is 4.22. The lowest BCUT2D eigenvalue weighted by molar-refractivity contribution is 0.00578. The predicted octanol–water partition coefficient (Wildman–Crippen LogP) is 2.05. The molecule has 0 aromatic carbocycles. The van der Waals surface area contributed by atoms with E-state index in [4.69, 9.17) is 14.0 Å². The number of rotatable bonds is 4. The van der Waals surface area contributed by atoms with Crippen molar-refractivity contribution >= 4 is 18.7 Å². The third-order valence-corrected chi connectivity index (χ3v) is 4.36. The maximum Gasteiger partial charge on any atom is 0.512 e. The van der Waals surface area contributed by atoms with Crippen molar-refractivity contribution in [3.8, 4) is 0 Å². The molecular weight excluding hydrogens is 269 g/mol. The van der Waals surface area contributed by atoms with Crippen LogP contribution in [0.2, 0.25) is 0 Å². The molecule has 0 unspecified atom stereocenters. The normalized spacial score (nSPS) is 19.8. The largest absolute Gasteiger partial charge is 0.512 e. The summed E-state index contributed by atoms with van der Waals surface area (Å²) in [5.74, 6) is -0.312. The smallest absolute Gasteiger partial charge is 0.462 e. The van der Waals surface area contributed by atoms with Gasteiger partial charge >= 0.3 is 13.1 Å². The van der Waals surface area contributed by atoms with Crippen LogP contribution in [0.4, 0.5) is 0 Å². The van der Waals surface area contributed by atoms with E-state index >= 15 is 0 Å². The Hall–Kier alpha value is -1.27. The molecule has 1 aromatic heterocycles. The molecule has 0 atom stereocenters. The zero-order chi connectivity index (χ0) is 15.8. The second-order valence-corrected chi connectivity index (χ2v) is 6.26. The molecule has 1 aromatic rings. The SMILES string of the molecule is CCOC(=O)c1c[nH]c(B2OC(C)(C)C(C)(C)O2)c1CC. The molecule has 0 saturated carbocycles. The van der Waals surface area contributed by atoms with Gasteiger partial charge in [-0.15, -0.1) is 0 Å². The zero-order valence-corrected chi connectivity index (χ0v) is 13.7. The van der Waals surface area contributed by atoms with Crippen LogP contribution in [0.1, 0.15) is 57.5 Å². The first kappa shape index (κ1) is 16.1. The van der Waals surface area contributed by atoms with E-state index in [1.54, 1.807) is 13.1 Å². The monoisotopic (exact) mass is 293 g/mol. The molecule has 1 N–H and O–H groups in total. The first-order chi connectivity index (χ1) is 9.73. The van der Waals surface area contributed by atoms with Crippen LogP contribution in [-0.4, -0.2) is 35.9 Å². The number of H-pyrrole nitrogens is 1. The molecule has 1 fully saturated rings. The molecule has 2 heterocycles. The summed E-state index contributed by atoms with van der Waals surface area (Å²) in [7, 11) is -0.492. The van der Waals surface area contributed by atoms with E-state index in [0.717, 1.165) is 11.2 Å². The first-order valence-electron chi connectivity index (χ1n) is 7.46. The quantitative estimate of drug-likeness (QED) is 0.682. The highest BCUT2D eigenvalue weighted by Gasteiger charge is 2.53. The molecule has 21 heavy (non-hydrogen) atoms. The van der Waals surface area contributed by atoms with Crippen LogP contribution in [0, 0.1) is 0 Å². The number of carbonyl (C=O) groups is 1. The van der Waals surface area contributed by atoms with Crippen LogP contribution in [0.15, 0.2) is 6.20 Å². The maximum absolute atomic E-state index is 12.0. The lowest BCUT2D eigenvalue weighted by Crippen LogP contribution is -2.41. The topological polar surface area (TPSA) is 60.6 Å². The molecular formula is C15H24BNO4. The fourth-order valence-electron chi connectivity index (χ4n) is 2.41. The van der Waals surface area contributed by atoms with Crippen molar-refractivity contribution in [2.75, 3.05) is 6.61 Å². The fraction of sp³-hybridized carbons (Fsp3) is 0.667. The third-order valence-electron chi connectivity index (χ3n) is 4.36. The molecule has 6 heteroatoms. The standard InChI is InChI=1S/C15H24BNO4/c1-7-10-11(13(18)19-8-2)9-17-12(10)16-20-14(3,4)15(5,6)21-16/h9,17H,7-8H2,1-6H3. The van der Waals surface area contributed by atoms with E-state index in [0.29, 0.717) is 18.6 Å². The number of esters is 1. The van der Waals surface area contributed by atoms with Crippen molar-refractivity contribution < 1.29 is 18.8 Å². The van der Waals surface area contributed by atoms with Crippen molar-refractivity contribution in [1.29, 1.82) is 0 Å². The van der Waals surface area contributed by atoms with Crippen LogP contribution in [0.3, 0.4) is 0 Å². The van der Waals surface area contributed by atoms with E-state index in [9.17, 15) is 4.79 Å². The van der Waals surface area contributed by atoms with E-state index in [2.05, 4.69) is 4.98 Å². The van der Waals surface area contributed by atoms with Gasteiger partial charge < -0.3 is 19.0 Å². The van der Waals surface area contributed by atoms with E-state index < -0.39 is 18.3 Å². The number of aromatic nitrogens is 1. The van der Waals surface area contributed by atoms with Gasteiger partial charge in [-0.05, 0) is 46.6 Å². The molecule has 1 aliphatic heterocycles. The predicted molar refractivity (Wildman–Crippen MR) is 81.8 cm³/mol. The Morgan fingerprint density at radius 3 is 2.29 bits per heavy atom. The summed E-state index contributed by atoms with van der Waals surface area (Å²) in [6.07, 6.45) is 2.38. The van der Waals surface area contributed by atoms with Gasteiger partial charge in [0.25, 0.3) is 0 Å². The van der Waals surface area contributed by atoms with Crippen molar-refractivity contribution in [2.24, 2.45) is 0 Å². The highest BCUT2D eigenvalue weighted by atomic mass is 16.7. The molecule has 0 radical (unpaired) electrons. The van der Waals surface area contributed by atoms with Crippen molar-refractivity contribution in [3.63, 3.8) is 0 Å². The van der Waals surface area contributed by atoms with Crippen molar-refractivity contribution in [3.05, 3.63) is 17.3 Å². The summed E-state index contributed by atoms with van der Waals surface area (Å²) in [4.78, 5) is 15.1. The molecule has 0 aliphatic carbocycles. The summed E-state index contributed by atoms with van der Waals surface area (Å²) in [6.45, 7) is 12.2. The number of hydrogen-bond acceptors (Lipinski definition) is 4. The molecule has 2 rings (SSSR count). The summed E-state index contributed by atoms with van der Waals surface area (Å²) in [5, 5.41) is 0. The van der Waals surface area contributed by atoms with Crippen LogP contribution in [0.5, 0.6) is 0 Å². The molecule has 116 valence electrons. The van der Waals surface area contributed by atoms with Crippen LogP contribution in [0.25, 0.3) is 0 Å². The molecule has 0 spiro atoms. The van der Waals surface area contributed by atoms with Gasteiger partial charge in [0.1, 0.15) is 0 Å². The molecule has 1 aliphatic rings. The average Bonchev–Trinajstić information content (AvgIpc) is 2.88. The van der Waals surface area contributed by atoms with Crippen LogP contribution in [-0.2, 0) is 20.5 Å². The number of carbonyl (C=O) groups excluding carboxylic acids is 1. The molecule has 0 bridgehead atoms. The average molecular weight is 293 g/mol. The zero-order valence-electron chi connectivity index (χ0n) is 13.7. The van der Waals surface area contributed by atoms with Gasteiger partial charge in [0.05, 0.1) is 23.4 Å². The van der Waals surface area contributed by atoms with E-state index in [1.807, 2.05) is 34.6 Å². The number of ether oxygens (including phenoxy) is 1. The van der Waals surface area contributed by atoms with Gasteiger partial charge in [0, 0.05) is 11.8 Å². The van der Waals surface area contributed by atoms with Crippen LogP contribution >= 0.6 is 0 Å². The van der Waals surface area contributed by atoms with Gasteiger partial charge in [-0.3, -0.25) is 0 Å². The van der Waals surface area contributed by atoms with Gasteiger partial charge in [-0.1, -0.05) is 6.92 Å². The Morgan fingerprint density at radius 1 is 1.24 bits per heavy atom. The van der Waals surface area contributed by atoms with Crippen LogP contribution < -0.4 is 5.59 Å². The van der Waals surface area contributed by atoms with Gasteiger partial charge in [-0.2, -0.15) is 0 Å². The molecule has 5 nitrogen and oxygen atoms in total. The second kappa shape index (κ2) is 5.50. The Morgan fingerprint density at radius 2 is 1.81 bits per heavy atom. The minimum Gasteiger partial charge on any atom is -0.462 e. The minimum atomic E-state index is -0.492. The second-order valence-electron chi connectivity index (χ2n) is 6.26. The highest BCUT2D eigenvalue weighted by molar-refractivity contribution is 6.62. The third kappa shape index (κ3) is 2.74. The number of nitrogens with one attached hydrogen (secondary N) is 1. The van der Waals surface area contributed by atoms with Gasteiger partial charge in [0.2, 0.25) is 0 Å². The van der Waals surface area contributed by atoms with Crippen molar-refractivity contribution in [2.45, 2.75) is 59.2 Å². The summed E-state index contributed by atoms with van der Waals surface area (Å²) < 4.78 is 17.2. The molecule has 0 amide bonds. The maximum atomic E-state index is 12.0. The Bertz CT molecular complexity index is 520. The van der Waals surface area contributed by atoms with Gasteiger partial charge in [-0.25, -0.2) is 4.79 Å². The van der Waals surface area contributed by atoms with E-state index in [1.165, 1.54) is 0 Å². The highest BCUT2D eigenvalue weighted by Crippen LogP contribution is 2.36.